The zero-order chi connectivity index (χ0) is 15.5. The van der Waals surface area contributed by atoms with Crippen molar-refractivity contribution in [1.82, 2.24) is 0 Å². The molecule has 0 saturated heterocycles. The fraction of sp³-hybridized carbons (Fsp3) is 0.333. The van der Waals surface area contributed by atoms with Crippen LogP contribution in [0.5, 0.6) is 5.75 Å². The van der Waals surface area contributed by atoms with Gasteiger partial charge in [0, 0.05) is 5.88 Å². The van der Waals surface area contributed by atoms with E-state index >= 15 is 0 Å². The third-order valence-corrected chi connectivity index (χ3v) is 3.97. The normalized spacial score (nSPS) is 11.5. The van der Waals surface area contributed by atoms with Crippen molar-refractivity contribution < 1.29 is 4.74 Å². The molecule has 0 aliphatic rings. The van der Waals surface area contributed by atoms with Crippen LogP contribution in [0.1, 0.15) is 37.5 Å². The van der Waals surface area contributed by atoms with E-state index in [-0.39, 0.29) is 5.41 Å². The quantitative estimate of drug-likeness (QED) is 0.631. The van der Waals surface area contributed by atoms with Crippen molar-refractivity contribution in [3.8, 4) is 5.75 Å². The first-order valence-electron chi connectivity index (χ1n) is 6.97. The first kappa shape index (κ1) is 16.2. The summed E-state index contributed by atoms with van der Waals surface area (Å²) in [5, 5.41) is 0.597. The van der Waals surface area contributed by atoms with E-state index < -0.39 is 0 Å². The highest BCUT2D eigenvalue weighted by atomic mass is 35.5. The van der Waals surface area contributed by atoms with Crippen LogP contribution >= 0.6 is 23.2 Å². The van der Waals surface area contributed by atoms with Gasteiger partial charge in [0.25, 0.3) is 0 Å². The highest BCUT2D eigenvalue weighted by Crippen LogP contribution is 2.27. The lowest BCUT2D eigenvalue weighted by atomic mass is 9.87. The number of benzene rings is 2. The lowest BCUT2D eigenvalue weighted by molar-refractivity contribution is 0.306. The number of ether oxygens (including phenoxy) is 1. The molecule has 0 heterocycles. The first-order valence-corrected chi connectivity index (χ1v) is 7.88. The largest absolute Gasteiger partial charge is 0.487 e. The first-order chi connectivity index (χ1) is 9.90. The number of rotatable bonds is 4. The van der Waals surface area contributed by atoms with E-state index in [1.807, 2.05) is 18.2 Å². The second-order valence-electron chi connectivity index (χ2n) is 6.13. The van der Waals surface area contributed by atoms with Gasteiger partial charge >= 0.3 is 0 Å². The SMILES string of the molecule is CC(C)(C)c1ccc(COc2ccc(CCl)cc2Cl)cc1. The van der Waals surface area contributed by atoms with Crippen LogP contribution in [0.25, 0.3) is 0 Å². The summed E-state index contributed by atoms with van der Waals surface area (Å²) in [7, 11) is 0. The van der Waals surface area contributed by atoms with Crippen LogP contribution in [0.2, 0.25) is 5.02 Å². The van der Waals surface area contributed by atoms with E-state index in [0.717, 1.165) is 11.1 Å². The predicted octanol–water partition coefficient (Wildman–Crippen LogP) is 5.96. The maximum Gasteiger partial charge on any atom is 0.138 e. The molecule has 0 fully saturated rings. The van der Waals surface area contributed by atoms with Gasteiger partial charge in [-0.3, -0.25) is 0 Å². The van der Waals surface area contributed by atoms with Crippen molar-refractivity contribution in [2.45, 2.75) is 38.7 Å². The molecular weight excluding hydrogens is 303 g/mol. The van der Waals surface area contributed by atoms with Gasteiger partial charge in [-0.15, -0.1) is 11.6 Å². The Labute approximate surface area is 136 Å². The van der Waals surface area contributed by atoms with Gasteiger partial charge in [-0.2, -0.15) is 0 Å². The van der Waals surface area contributed by atoms with Gasteiger partial charge in [-0.1, -0.05) is 62.7 Å². The fourth-order valence-corrected chi connectivity index (χ4v) is 2.43. The molecule has 0 aliphatic heterocycles. The third-order valence-electron chi connectivity index (χ3n) is 3.36. The molecule has 3 heteroatoms. The van der Waals surface area contributed by atoms with E-state index in [2.05, 4.69) is 45.0 Å². The van der Waals surface area contributed by atoms with Crippen molar-refractivity contribution in [2.24, 2.45) is 0 Å². The molecule has 0 unspecified atom stereocenters. The van der Waals surface area contributed by atoms with Gasteiger partial charge in [0.2, 0.25) is 0 Å². The van der Waals surface area contributed by atoms with Gasteiger partial charge in [0.05, 0.1) is 5.02 Å². The Morgan fingerprint density at radius 3 is 2.10 bits per heavy atom. The zero-order valence-electron chi connectivity index (χ0n) is 12.6. The lowest BCUT2D eigenvalue weighted by Gasteiger charge is -2.19. The highest BCUT2D eigenvalue weighted by Gasteiger charge is 2.12. The van der Waals surface area contributed by atoms with Gasteiger partial charge in [-0.05, 0) is 34.2 Å². The van der Waals surface area contributed by atoms with Crippen molar-refractivity contribution in [3.05, 3.63) is 64.2 Å². The summed E-state index contributed by atoms with van der Waals surface area (Å²) in [6, 6.07) is 14.1. The van der Waals surface area contributed by atoms with Crippen LogP contribution in [-0.2, 0) is 17.9 Å². The number of hydrogen-bond acceptors (Lipinski definition) is 1. The summed E-state index contributed by atoms with van der Waals surface area (Å²) in [6.45, 7) is 7.12. The Kier molecular flexibility index (Phi) is 5.18. The lowest BCUT2D eigenvalue weighted by Crippen LogP contribution is -2.10. The summed E-state index contributed by atoms with van der Waals surface area (Å²) in [5.41, 5.74) is 3.60. The molecule has 2 rings (SSSR count). The molecule has 0 atom stereocenters. The van der Waals surface area contributed by atoms with Crippen LogP contribution in [0, 0.1) is 0 Å². The minimum Gasteiger partial charge on any atom is -0.487 e. The fourth-order valence-electron chi connectivity index (χ4n) is 2.01. The topological polar surface area (TPSA) is 9.23 Å². The molecule has 0 saturated carbocycles. The highest BCUT2D eigenvalue weighted by molar-refractivity contribution is 6.32. The molecule has 1 nitrogen and oxygen atoms in total. The Bertz CT molecular complexity index is 598. The Balaban J connectivity index is 2.03. The molecular formula is C18H20Cl2O. The summed E-state index contributed by atoms with van der Waals surface area (Å²) in [5.74, 6) is 1.14. The molecule has 0 N–H and O–H groups in total. The standard InChI is InChI=1S/C18H20Cl2O/c1-18(2,3)15-7-4-13(5-8-15)12-21-17-9-6-14(11-19)10-16(17)20/h4-10H,11-12H2,1-3H3. The van der Waals surface area contributed by atoms with Crippen LogP contribution in [0.15, 0.2) is 42.5 Å². The zero-order valence-corrected chi connectivity index (χ0v) is 14.1. The van der Waals surface area contributed by atoms with Crippen molar-refractivity contribution in [1.29, 1.82) is 0 Å². The Hall–Kier alpha value is -1.18. The van der Waals surface area contributed by atoms with Gasteiger partial charge in [0.15, 0.2) is 0 Å². The Morgan fingerprint density at radius 2 is 1.57 bits per heavy atom. The van der Waals surface area contributed by atoms with Crippen LogP contribution < -0.4 is 4.74 Å². The molecule has 0 aliphatic carbocycles. The van der Waals surface area contributed by atoms with E-state index in [4.69, 9.17) is 27.9 Å². The van der Waals surface area contributed by atoms with Crippen LogP contribution in [0.3, 0.4) is 0 Å². The average Bonchev–Trinajstić information content (AvgIpc) is 2.45. The smallest absolute Gasteiger partial charge is 0.138 e. The summed E-state index contributed by atoms with van der Waals surface area (Å²) >= 11 is 12.0. The monoisotopic (exact) mass is 322 g/mol. The molecule has 0 aromatic heterocycles. The predicted molar refractivity (Wildman–Crippen MR) is 90.5 cm³/mol. The molecule has 0 spiro atoms. The molecule has 0 bridgehead atoms. The van der Waals surface area contributed by atoms with E-state index in [1.165, 1.54) is 5.56 Å². The maximum absolute atomic E-state index is 6.18. The second-order valence-corrected chi connectivity index (χ2v) is 6.81. The van der Waals surface area contributed by atoms with Crippen molar-refractivity contribution >= 4 is 23.2 Å². The summed E-state index contributed by atoms with van der Waals surface area (Å²) in [4.78, 5) is 0. The number of hydrogen-bond donors (Lipinski definition) is 0. The van der Waals surface area contributed by atoms with E-state index in [0.29, 0.717) is 23.3 Å². The van der Waals surface area contributed by atoms with Crippen LogP contribution in [0.4, 0.5) is 0 Å². The van der Waals surface area contributed by atoms with E-state index in [1.54, 1.807) is 0 Å². The molecule has 2 aromatic carbocycles. The van der Waals surface area contributed by atoms with Gasteiger partial charge in [-0.25, -0.2) is 0 Å². The van der Waals surface area contributed by atoms with Crippen molar-refractivity contribution in [3.63, 3.8) is 0 Å². The van der Waals surface area contributed by atoms with Crippen LogP contribution in [-0.4, -0.2) is 0 Å². The second kappa shape index (κ2) is 6.72. The average molecular weight is 323 g/mol. The minimum absolute atomic E-state index is 0.167. The minimum atomic E-state index is 0.167. The molecule has 0 amide bonds. The van der Waals surface area contributed by atoms with E-state index in [9.17, 15) is 0 Å². The molecule has 2 aromatic rings. The molecule has 112 valence electrons. The summed E-state index contributed by atoms with van der Waals surface area (Å²) in [6.07, 6.45) is 0. The Morgan fingerprint density at radius 1 is 0.952 bits per heavy atom. The molecule has 0 radical (unpaired) electrons. The van der Waals surface area contributed by atoms with Gasteiger partial charge in [0.1, 0.15) is 12.4 Å². The number of alkyl halides is 1. The third kappa shape index (κ3) is 4.39. The maximum atomic E-state index is 6.18. The van der Waals surface area contributed by atoms with Gasteiger partial charge < -0.3 is 4.74 Å². The van der Waals surface area contributed by atoms with Crippen molar-refractivity contribution in [2.75, 3.05) is 0 Å². The number of halogens is 2. The molecule has 21 heavy (non-hydrogen) atoms. The summed E-state index contributed by atoms with van der Waals surface area (Å²) < 4.78 is 5.77.